The maximum atomic E-state index is 3.92. The van der Waals surface area contributed by atoms with Crippen molar-refractivity contribution in [2.24, 2.45) is 16.1 Å². The van der Waals surface area contributed by atoms with Crippen LogP contribution in [0, 0.1) is 5.92 Å². The van der Waals surface area contributed by atoms with Crippen LogP contribution < -0.4 is 0 Å². The Labute approximate surface area is 79.7 Å². The molecule has 0 aliphatic carbocycles. The first-order valence-corrected chi connectivity index (χ1v) is 4.65. The normalized spacial score (nSPS) is 12.3. The highest BCUT2D eigenvalue weighted by Gasteiger charge is 2.03. The second-order valence-corrected chi connectivity index (χ2v) is 3.76. The van der Waals surface area contributed by atoms with Gasteiger partial charge in [-0.1, -0.05) is 39.0 Å². The smallest absolute Gasteiger partial charge is 0.0904 e. The lowest BCUT2D eigenvalue weighted by Gasteiger charge is -1.88. The number of hydrogen-bond donors (Lipinski definition) is 0. The van der Waals surface area contributed by atoms with Gasteiger partial charge in [0.05, 0.1) is 12.2 Å². The molecular formula is C11H16N2. The third-order valence-corrected chi connectivity index (χ3v) is 1.41. The van der Waals surface area contributed by atoms with Gasteiger partial charge in [0.1, 0.15) is 0 Å². The Hall–Kier alpha value is -1.18. The summed E-state index contributed by atoms with van der Waals surface area (Å²) in [5.74, 6) is 0.833. The summed E-state index contributed by atoms with van der Waals surface area (Å²) in [6, 6.07) is 8.01. The zero-order valence-electron chi connectivity index (χ0n) is 8.49. The highest BCUT2D eigenvalue weighted by atomic mass is 15.1. The molecule has 13 heavy (non-hydrogen) atoms. The average Bonchev–Trinajstić information content (AvgIpc) is 2.49. The van der Waals surface area contributed by atoms with E-state index in [1.165, 1.54) is 5.56 Å². The lowest BCUT2D eigenvalue weighted by atomic mass is 10.2. The molecule has 0 amide bonds. The molecule has 1 aromatic rings. The molecule has 1 heterocycles. The summed E-state index contributed by atoms with van der Waals surface area (Å²) in [4.78, 5) is 0. The van der Waals surface area contributed by atoms with Crippen molar-refractivity contribution in [2.45, 2.75) is 27.3 Å². The maximum Gasteiger partial charge on any atom is 0.0904 e. The molecule has 0 N–H and O–H groups in total. The van der Waals surface area contributed by atoms with E-state index in [9.17, 15) is 0 Å². The molecule has 1 aliphatic heterocycles. The van der Waals surface area contributed by atoms with Crippen molar-refractivity contribution in [2.75, 3.05) is 0 Å². The summed E-state index contributed by atoms with van der Waals surface area (Å²) in [6.07, 6.45) is 0. The van der Waals surface area contributed by atoms with Gasteiger partial charge in [0.2, 0.25) is 0 Å². The van der Waals surface area contributed by atoms with Gasteiger partial charge in [0.25, 0.3) is 0 Å². The first kappa shape index (κ1) is 9.90. The molecule has 2 nitrogen and oxygen atoms in total. The Bertz CT molecular complexity index is 287. The molecule has 2 heteroatoms. The first-order valence-electron chi connectivity index (χ1n) is 4.65. The molecular weight excluding hydrogens is 160 g/mol. The van der Waals surface area contributed by atoms with E-state index in [-0.39, 0.29) is 0 Å². The van der Waals surface area contributed by atoms with Crippen LogP contribution in [0.4, 0.5) is 5.69 Å². The Morgan fingerprint density at radius 3 is 2.38 bits per heavy atom. The van der Waals surface area contributed by atoms with Crippen LogP contribution in [0.2, 0.25) is 0 Å². The Balaban J connectivity index is 0.000000184. The lowest BCUT2D eigenvalue weighted by molar-refractivity contribution is 0.737. The Morgan fingerprint density at radius 2 is 1.77 bits per heavy atom. The van der Waals surface area contributed by atoms with Crippen LogP contribution in [0.25, 0.3) is 0 Å². The highest BCUT2D eigenvalue weighted by molar-refractivity contribution is 5.46. The predicted molar refractivity (Wildman–Crippen MR) is 55.2 cm³/mol. The van der Waals surface area contributed by atoms with Crippen molar-refractivity contribution in [3.05, 3.63) is 29.8 Å². The molecule has 0 saturated carbocycles. The molecule has 0 unspecified atom stereocenters. The molecule has 1 aromatic carbocycles. The highest BCUT2D eigenvalue weighted by Crippen LogP contribution is 2.24. The minimum atomic E-state index is 0.760. The summed E-state index contributed by atoms with van der Waals surface area (Å²) in [6.45, 7) is 7.26. The number of fused-ring (bicyclic) bond motifs is 1. The van der Waals surface area contributed by atoms with Crippen molar-refractivity contribution in [1.29, 1.82) is 0 Å². The van der Waals surface area contributed by atoms with E-state index in [2.05, 4.69) is 37.1 Å². The van der Waals surface area contributed by atoms with Crippen LogP contribution in [0.5, 0.6) is 0 Å². The van der Waals surface area contributed by atoms with Crippen molar-refractivity contribution in [3.63, 3.8) is 0 Å². The van der Waals surface area contributed by atoms with Crippen molar-refractivity contribution < 1.29 is 0 Å². The standard InChI is InChI=1S/C7H6N2.C4H10/c1-2-4-7-6(3-1)5-8-9-7;1-4(2)3/h1-4H,5H2;4H,1-3H3. The Kier molecular flexibility index (Phi) is 3.62. The summed E-state index contributed by atoms with van der Waals surface area (Å²) >= 11 is 0. The molecule has 0 bridgehead atoms. The SMILES string of the molecule is CC(C)C.c1ccc2c(c1)CN=N2. The molecule has 0 saturated heterocycles. The van der Waals surface area contributed by atoms with E-state index in [1.54, 1.807) is 0 Å². The fraction of sp³-hybridized carbons (Fsp3) is 0.455. The predicted octanol–water partition coefficient (Wildman–Crippen LogP) is 3.95. The molecule has 0 atom stereocenters. The molecule has 0 fully saturated rings. The quantitative estimate of drug-likeness (QED) is 0.572. The van der Waals surface area contributed by atoms with Gasteiger partial charge in [-0.25, -0.2) is 0 Å². The van der Waals surface area contributed by atoms with Gasteiger partial charge in [-0.3, -0.25) is 0 Å². The van der Waals surface area contributed by atoms with E-state index in [0.29, 0.717) is 0 Å². The fourth-order valence-electron chi connectivity index (χ4n) is 0.930. The molecule has 0 spiro atoms. The molecule has 0 aromatic heterocycles. The Morgan fingerprint density at radius 1 is 1.15 bits per heavy atom. The number of rotatable bonds is 0. The number of nitrogens with zero attached hydrogens (tertiary/aromatic N) is 2. The van der Waals surface area contributed by atoms with Gasteiger partial charge < -0.3 is 0 Å². The van der Waals surface area contributed by atoms with Crippen LogP contribution in [0.3, 0.4) is 0 Å². The number of azo groups is 1. The molecule has 0 radical (unpaired) electrons. The van der Waals surface area contributed by atoms with Gasteiger partial charge in [-0.15, -0.1) is 0 Å². The third kappa shape index (κ3) is 3.36. The second kappa shape index (κ2) is 4.75. The summed E-state index contributed by atoms with van der Waals surface area (Å²) < 4.78 is 0. The van der Waals surface area contributed by atoms with E-state index in [4.69, 9.17) is 0 Å². The van der Waals surface area contributed by atoms with Gasteiger partial charge in [-0.2, -0.15) is 10.2 Å². The van der Waals surface area contributed by atoms with Crippen molar-refractivity contribution >= 4 is 5.69 Å². The van der Waals surface area contributed by atoms with Gasteiger partial charge in [0.15, 0.2) is 0 Å². The monoisotopic (exact) mass is 176 g/mol. The third-order valence-electron chi connectivity index (χ3n) is 1.41. The topological polar surface area (TPSA) is 24.7 Å². The van der Waals surface area contributed by atoms with Crippen molar-refractivity contribution in [1.82, 2.24) is 0 Å². The lowest BCUT2D eigenvalue weighted by Crippen LogP contribution is -1.71. The van der Waals surface area contributed by atoms with Crippen LogP contribution in [0.15, 0.2) is 34.5 Å². The summed E-state index contributed by atoms with van der Waals surface area (Å²) in [7, 11) is 0. The summed E-state index contributed by atoms with van der Waals surface area (Å²) in [5, 5.41) is 7.80. The van der Waals surface area contributed by atoms with Gasteiger partial charge in [0, 0.05) is 5.56 Å². The van der Waals surface area contributed by atoms with Crippen LogP contribution in [-0.2, 0) is 6.54 Å². The second-order valence-electron chi connectivity index (χ2n) is 3.76. The molecule has 1 aliphatic rings. The zero-order valence-corrected chi connectivity index (χ0v) is 8.49. The van der Waals surface area contributed by atoms with E-state index in [0.717, 1.165) is 18.2 Å². The van der Waals surface area contributed by atoms with Gasteiger partial charge in [-0.05, 0) is 12.0 Å². The van der Waals surface area contributed by atoms with Crippen LogP contribution in [-0.4, -0.2) is 0 Å². The van der Waals surface area contributed by atoms with E-state index < -0.39 is 0 Å². The van der Waals surface area contributed by atoms with Gasteiger partial charge >= 0.3 is 0 Å². The summed E-state index contributed by atoms with van der Waals surface area (Å²) in [5.41, 5.74) is 2.26. The molecule has 70 valence electrons. The van der Waals surface area contributed by atoms with E-state index >= 15 is 0 Å². The fourth-order valence-corrected chi connectivity index (χ4v) is 0.930. The van der Waals surface area contributed by atoms with Crippen LogP contribution >= 0.6 is 0 Å². The minimum Gasteiger partial charge on any atom is -0.184 e. The maximum absolute atomic E-state index is 3.92. The molecule has 2 rings (SSSR count). The average molecular weight is 176 g/mol. The largest absolute Gasteiger partial charge is 0.184 e. The number of hydrogen-bond acceptors (Lipinski definition) is 2. The van der Waals surface area contributed by atoms with Crippen LogP contribution in [0.1, 0.15) is 26.3 Å². The number of benzene rings is 1. The minimum absolute atomic E-state index is 0.760. The van der Waals surface area contributed by atoms with E-state index in [1.807, 2.05) is 18.2 Å². The zero-order chi connectivity index (χ0) is 9.68. The first-order chi connectivity index (χ1) is 6.20. The van der Waals surface area contributed by atoms with Crippen molar-refractivity contribution in [3.8, 4) is 0 Å².